The number of furan rings is 1. The largest absolute Gasteiger partial charge is 0.459 e. The number of hydrogen-bond acceptors (Lipinski definition) is 2. The second-order valence-corrected chi connectivity index (χ2v) is 5.55. The van der Waals surface area contributed by atoms with Gasteiger partial charge in [0.05, 0.1) is 6.26 Å². The first-order valence-electron chi connectivity index (χ1n) is 7.72. The van der Waals surface area contributed by atoms with Crippen LogP contribution in [0.1, 0.15) is 29.0 Å². The fourth-order valence-electron chi connectivity index (χ4n) is 2.56. The fraction of sp³-hybridized carbons (Fsp3) is 0.150. The molecule has 0 saturated carbocycles. The van der Waals surface area contributed by atoms with Crippen LogP contribution >= 0.6 is 0 Å². The first-order valence-corrected chi connectivity index (χ1v) is 7.72. The molecule has 1 heterocycles. The molecular weight excluding hydrogens is 286 g/mol. The molecule has 2 aromatic carbocycles. The van der Waals surface area contributed by atoms with Crippen LogP contribution in [0, 0.1) is 0 Å². The fourth-order valence-corrected chi connectivity index (χ4v) is 2.56. The lowest BCUT2D eigenvalue weighted by Crippen LogP contribution is -2.27. The van der Waals surface area contributed by atoms with Gasteiger partial charge in [-0.25, -0.2) is 0 Å². The lowest BCUT2D eigenvalue weighted by Gasteiger charge is -2.12. The van der Waals surface area contributed by atoms with Gasteiger partial charge in [0.15, 0.2) is 5.76 Å². The average Bonchev–Trinajstić information content (AvgIpc) is 3.11. The Kier molecular flexibility index (Phi) is 4.57. The van der Waals surface area contributed by atoms with Crippen LogP contribution in [0.4, 0.5) is 0 Å². The van der Waals surface area contributed by atoms with Crippen LogP contribution in [0.25, 0.3) is 11.1 Å². The molecular formula is C20H19NO2. The summed E-state index contributed by atoms with van der Waals surface area (Å²) >= 11 is 0. The molecule has 3 nitrogen and oxygen atoms in total. The highest BCUT2D eigenvalue weighted by molar-refractivity contribution is 5.98. The molecule has 0 bridgehead atoms. The van der Waals surface area contributed by atoms with Crippen molar-refractivity contribution in [3.05, 3.63) is 84.3 Å². The summed E-state index contributed by atoms with van der Waals surface area (Å²) in [6.45, 7) is 2.66. The van der Waals surface area contributed by atoms with Crippen LogP contribution in [0.3, 0.4) is 0 Å². The molecule has 3 rings (SSSR count). The maximum Gasteiger partial charge on any atom is 0.287 e. The summed E-state index contributed by atoms with van der Waals surface area (Å²) in [5.74, 6) is 0.420. The molecule has 1 amide bonds. The molecule has 3 heteroatoms. The van der Waals surface area contributed by atoms with Gasteiger partial charge < -0.3 is 9.73 Å². The zero-order valence-corrected chi connectivity index (χ0v) is 13.0. The molecule has 0 spiro atoms. The average molecular weight is 305 g/mol. The maximum absolute atomic E-state index is 12.4. The molecule has 23 heavy (non-hydrogen) atoms. The zero-order chi connectivity index (χ0) is 16.1. The van der Waals surface area contributed by atoms with Gasteiger partial charge in [0.25, 0.3) is 5.91 Å². The van der Waals surface area contributed by atoms with Crippen molar-refractivity contribution < 1.29 is 9.21 Å². The molecule has 116 valence electrons. The number of carbonyl (C=O) groups excluding carboxylic acids is 1. The van der Waals surface area contributed by atoms with Crippen molar-refractivity contribution in [1.29, 1.82) is 0 Å². The SMILES string of the molecule is CC(CNC(=O)c1occc1-c1ccccc1)c1ccccc1. The van der Waals surface area contributed by atoms with Crippen molar-refractivity contribution in [2.24, 2.45) is 0 Å². The van der Waals surface area contributed by atoms with E-state index in [4.69, 9.17) is 4.42 Å². The smallest absolute Gasteiger partial charge is 0.287 e. The third-order valence-electron chi connectivity index (χ3n) is 3.89. The van der Waals surface area contributed by atoms with Gasteiger partial charge in [-0.15, -0.1) is 0 Å². The summed E-state index contributed by atoms with van der Waals surface area (Å²) in [6, 6.07) is 21.7. The van der Waals surface area contributed by atoms with Gasteiger partial charge in [0.2, 0.25) is 0 Å². The molecule has 3 aromatic rings. The Morgan fingerprint density at radius 2 is 1.65 bits per heavy atom. The number of nitrogens with one attached hydrogen (secondary N) is 1. The van der Waals surface area contributed by atoms with Gasteiger partial charge in [-0.2, -0.15) is 0 Å². The van der Waals surface area contributed by atoms with E-state index in [0.29, 0.717) is 12.3 Å². The maximum atomic E-state index is 12.4. The lowest BCUT2D eigenvalue weighted by atomic mass is 10.0. The van der Waals surface area contributed by atoms with Gasteiger partial charge in [-0.05, 0) is 23.1 Å². The third kappa shape index (κ3) is 3.51. The molecule has 0 aliphatic heterocycles. The van der Waals surface area contributed by atoms with Crippen molar-refractivity contribution in [3.63, 3.8) is 0 Å². The first-order chi connectivity index (χ1) is 11.3. The van der Waals surface area contributed by atoms with Crippen molar-refractivity contribution in [3.8, 4) is 11.1 Å². The second-order valence-electron chi connectivity index (χ2n) is 5.55. The van der Waals surface area contributed by atoms with E-state index in [1.807, 2.05) is 54.6 Å². The Bertz CT molecular complexity index is 763. The van der Waals surface area contributed by atoms with E-state index in [1.165, 1.54) is 5.56 Å². The van der Waals surface area contributed by atoms with Crippen molar-refractivity contribution in [1.82, 2.24) is 5.32 Å². The first kappa shape index (κ1) is 15.1. The van der Waals surface area contributed by atoms with E-state index in [2.05, 4.69) is 24.4 Å². The van der Waals surface area contributed by atoms with Gasteiger partial charge >= 0.3 is 0 Å². The van der Waals surface area contributed by atoms with Crippen molar-refractivity contribution >= 4 is 5.91 Å². The summed E-state index contributed by atoms with van der Waals surface area (Å²) in [6.07, 6.45) is 1.55. The van der Waals surface area contributed by atoms with Gasteiger partial charge in [0.1, 0.15) is 0 Å². The molecule has 1 atom stereocenters. The van der Waals surface area contributed by atoms with E-state index < -0.39 is 0 Å². The zero-order valence-electron chi connectivity index (χ0n) is 13.0. The minimum Gasteiger partial charge on any atom is -0.459 e. The van der Waals surface area contributed by atoms with Crippen LogP contribution in [0.15, 0.2) is 77.4 Å². The normalized spacial score (nSPS) is 11.9. The number of carbonyl (C=O) groups is 1. The highest BCUT2D eigenvalue weighted by Crippen LogP contribution is 2.24. The molecule has 1 aromatic heterocycles. The lowest BCUT2D eigenvalue weighted by molar-refractivity contribution is 0.0925. The van der Waals surface area contributed by atoms with E-state index in [-0.39, 0.29) is 11.8 Å². The quantitative estimate of drug-likeness (QED) is 0.755. The third-order valence-corrected chi connectivity index (χ3v) is 3.89. The molecule has 0 fully saturated rings. The van der Waals surface area contributed by atoms with Gasteiger partial charge in [-0.1, -0.05) is 67.6 Å². The van der Waals surface area contributed by atoms with Crippen LogP contribution in [-0.4, -0.2) is 12.5 Å². The van der Waals surface area contributed by atoms with Crippen LogP contribution < -0.4 is 5.32 Å². The van der Waals surface area contributed by atoms with E-state index >= 15 is 0 Å². The van der Waals surface area contributed by atoms with Crippen LogP contribution in [-0.2, 0) is 0 Å². The minimum atomic E-state index is -0.184. The monoisotopic (exact) mass is 305 g/mol. The van der Waals surface area contributed by atoms with E-state index in [9.17, 15) is 4.79 Å². The number of rotatable bonds is 5. The predicted octanol–water partition coefficient (Wildman–Crippen LogP) is 4.48. The Balaban J connectivity index is 1.69. The summed E-state index contributed by atoms with van der Waals surface area (Å²) in [5.41, 5.74) is 2.99. The Morgan fingerprint density at radius 1 is 1.00 bits per heavy atom. The van der Waals surface area contributed by atoms with Gasteiger partial charge in [0, 0.05) is 12.1 Å². The molecule has 0 saturated heterocycles. The summed E-state index contributed by atoms with van der Waals surface area (Å²) in [5, 5.41) is 2.96. The predicted molar refractivity (Wildman–Crippen MR) is 91.3 cm³/mol. The molecule has 0 radical (unpaired) electrons. The Hall–Kier alpha value is -2.81. The highest BCUT2D eigenvalue weighted by Gasteiger charge is 2.17. The second kappa shape index (κ2) is 6.97. The minimum absolute atomic E-state index is 0.184. The highest BCUT2D eigenvalue weighted by atomic mass is 16.3. The Morgan fingerprint density at radius 3 is 2.35 bits per heavy atom. The van der Waals surface area contributed by atoms with E-state index in [0.717, 1.165) is 11.1 Å². The number of amides is 1. The molecule has 0 aliphatic rings. The van der Waals surface area contributed by atoms with Crippen LogP contribution in [0.2, 0.25) is 0 Å². The molecule has 0 aliphatic carbocycles. The summed E-state index contributed by atoms with van der Waals surface area (Å²) in [7, 11) is 0. The standard InChI is InChI=1S/C20H19NO2/c1-15(16-8-4-2-5-9-16)14-21-20(22)19-18(12-13-23-19)17-10-6-3-7-11-17/h2-13,15H,14H2,1H3,(H,21,22). The number of benzene rings is 2. The topological polar surface area (TPSA) is 42.2 Å². The summed E-state index contributed by atoms with van der Waals surface area (Å²) in [4.78, 5) is 12.4. The van der Waals surface area contributed by atoms with E-state index in [1.54, 1.807) is 6.26 Å². The summed E-state index contributed by atoms with van der Waals surface area (Å²) < 4.78 is 5.41. The van der Waals surface area contributed by atoms with Crippen molar-refractivity contribution in [2.45, 2.75) is 12.8 Å². The van der Waals surface area contributed by atoms with Gasteiger partial charge in [-0.3, -0.25) is 4.79 Å². The Labute approximate surface area is 136 Å². The van der Waals surface area contributed by atoms with Crippen molar-refractivity contribution in [2.75, 3.05) is 6.54 Å². The molecule has 1 N–H and O–H groups in total. The molecule has 1 unspecified atom stereocenters. The van der Waals surface area contributed by atoms with Crippen LogP contribution in [0.5, 0.6) is 0 Å². The number of hydrogen-bond donors (Lipinski definition) is 1.